The number of ether oxygens (including phenoxy) is 2. The van der Waals surface area contributed by atoms with Crippen LogP contribution in [0.1, 0.15) is 26.3 Å². The average Bonchev–Trinajstić information content (AvgIpc) is 2.77. The van der Waals surface area contributed by atoms with Crippen LogP contribution in [0.5, 0.6) is 17.2 Å². The van der Waals surface area contributed by atoms with Crippen molar-refractivity contribution in [1.29, 1.82) is 0 Å². The van der Waals surface area contributed by atoms with Crippen molar-refractivity contribution in [3.8, 4) is 28.4 Å². The fraction of sp³-hybridized carbons (Fsp3) is 0.231. The second-order valence-corrected chi connectivity index (χ2v) is 13.8. The number of nitrogens with one attached hydrogen (secondary N) is 1. The number of halogens is 4. The Labute approximate surface area is 269 Å². The molecule has 0 saturated heterocycles. The van der Waals surface area contributed by atoms with Crippen LogP contribution in [-0.4, -0.2) is 33.9 Å². The van der Waals surface area contributed by atoms with Crippen molar-refractivity contribution in [2.24, 2.45) is 0 Å². The van der Waals surface area contributed by atoms with Gasteiger partial charge in [0.25, 0.3) is 0 Å². The van der Waals surface area contributed by atoms with Gasteiger partial charge in [0.2, 0.25) is 0 Å². The second-order valence-electron chi connectivity index (χ2n) is 9.04. The number of aromatic hydroxyl groups is 1. The van der Waals surface area contributed by atoms with Crippen LogP contribution in [0.3, 0.4) is 0 Å². The number of rotatable bonds is 7. The molecule has 3 aromatic rings. The predicted octanol–water partition coefficient (Wildman–Crippen LogP) is 7.79. The van der Waals surface area contributed by atoms with E-state index in [0.29, 0.717) is 18.6 Å². The first kappa shape index (κ1) is 30.5. The van der Waals surface area contributed by atoms with Crippen LogP contribution in [0.25, 0.3) is 11.1 Å². The Morgan fingerprint density at radius 2 is 1.54 bits per heavy atom. The topological polar surface area (TPSA) is 105 Å². The molecule has 37 heavy (non-hydrogen) atoms. The molecule has 0 fully saturated rings. The quantitative estimate of drug-likeness (QED) is 0.209. The molecule has 0 aliphatic carbocycles. The van der Waals surface area contributed by atoms with Gasteiger partial charge in [-0.3, -0.25) is 0 Å². The molecule has 0 aliphatic heterocycles. The smallest absolute Gasteiger partial charge is 0.408 e. The molecule has 0 heterocycles. The van der Waals surface area contributed by atoms with Crippen LogP contribution >= 0.6 is 90.4 Å². The number of aliphatic carboxylic acids is 1. The molecular weight excluding hydrogens is 930 g/mol. The number of hydrogen-bond donors (Lipinski definition) is 3. The Hall–Kier alpha value is -1.08. The third-order valence-corrected chi connectivity index (χ3v) is 7.98. The lowest BCUT2D eigenvalue weighted by molar-refractivity contribution is -0.139. The van der Waals surface area contributed by atoms with E-state index in [4.69, 9.17) is 9.47 Å². The number of benzene rings is 3. The van der Waals surface area contributed by atoms with Crippen molar-refractivity contribution in [1.82, 2.24) is 5.32 Å². The summed E-state index contributed by atoms with van der Waals surface area (Å²) in [6.07, 6.45) is -0.669. The van der Waals surface area contributed by atoms with Crippen molar-refractivity contribution in [2.75, 3.05) is 0 Å². The maximum atomic E-state index is 12.1. The van der Waals surface area contributed by atoms with Crippen molar-refractivity contribution in [2.45, 2.75) is 38.8 Å². The molecule has 0 aliphatic rings. The molecule has 0 radical (unpaired) electrons. The van der Waals surface area contributed by atoms with Gasteiger partial charge >= 0.3 is 12.1 Å². The van der Waals surface area contributed by atoms with Crippen LogP contribution in [0.15, 0.2) is 48.5 Å². The third kappa shape index (κ3) is 8.71. The molecule has 0 aromatic heterocycles. The molecule has 1 atom stereocenters. The van der Waals surface area contributed by atoms with E-state index in [2.05, 4.69) is 95.7 Å². The highest BCUT2D eigenvalue weighted by Crippen LogP contribution is 2.40. The zero-order valence-corrected chi connectivity index (χ0v) is 28.6. The van der Waals surface area contributed by atoms with Crippen molar-refractivity contribution in [3.63, 3.8) is 0 Å². The van der Waals surface area contributed by atoms with Crippen LogP contribution in [0, 0.1) is 14.3 Å². The number of carboxylic acids is 1. The summed E-state index contributed by atoms with van der Waals surface area (Å²) in [5.41, 5.74) is 1.79. The molecule has 0 spiro atoms. The highest BCUT2D eigenvalue weighted by atomic mass is 127. The third-order valence-electron chi connectivity index (χ3n) is 4.91. The number of carbonyl (C=O) groups is 2. The van der Waals surface area contributed by atoms with E-state index in [1.165, 1.54) is 0 Å². The summed E-state index contributed by atoms with van der Waals surface area (Å²) in [6.45, 7) is 5.15. The van der Waals surface area contributed by atoms with Gasteiger partial charge in [-0.25, -0.2) is 9.59 Å². The standard InChI is InChI=1S/C26H23I4NO6/c1-26(2,3)37-25(35)31-21(24(33)34)8-13-4-6-14(7-5-13)17-9-15(27)10-20(30)23(17)36-16-11-18(28)22(32)19(29)12-16/h4-7,9-12,21,32H,8H2,1-3H3,(H,31,35)(H,33,34)/t21-/m0/s1. The Morgan fingerprint density at radius 3 is 2.08 bits per heavy atom. The molecule has 0 bridgehead atoms. The maximum Gasteiger partial charge on any atom is 0.408 e. The highest BCUT2D eigenvalue weighted by Gasteiger charge is 2.24. The summed E-state index contributed by atoms with van der Waals surface area (Å²) >= 11 is 8.64. The molecule has 3 N–H and O–H groups in total. The monoisotopic (exact) mass is 953 g/mol. The minimum absolute atomic E-state index is 0.104. The second kappa shape index (κ2) is 12.8. The van der Waals surface area contributed by atoms with Gasteiger partial charge in [-0.15, -0.1) is 0 Å². The molecule has 11 heteroatoms. The lowest BCUT2D eigenvalue weighted by Crippen LogP contribution is -2.44. The summed E-state index contributed by atoms with van der Waals surface area (Å²) < 4.78 is 14.9. The van der Waals surface area contributed by atoms with Crippen LogP contribution in [0.2, 0.25) is 0 Å². The van der Waals surface area contributed by atoms with Gasteiger partial charge in [-0.2, -0.15) is 0 Å². The van der Waals surface area contributed by atoms with E-state index in [1.807, 2.05) is 36.4 Å². The SMILES string of the molecule is CC(C)(C)OC(=O)N[C@@H](Cc1ccc(-c2cc(I)cc(I)c2Oc2cc(I)c(O)c(I)c2)cc1)C(=O)O. The lowest BCUT2D eigenvalue weighted by Gasteiger charge is -2.22. The Kier molecular flexibility index (Phi) is 10.6. The van der Waals surface area contributed by atoms with Gasteiger partial charge in [0, 0.05) is 15.6 Å². The lowest BCUT2D eigenvalue weighted by atomic mass is 10.00. The number of carboxylic acid groups (broad SMARTS) is 1. The zero-order valence-electron chi connectivity index (χ0n) is 19.9. The molecule has 0 unspecified atom stereocenters. The van der Waals surface area contributed by atoms with E-state index in [0.717, 1.165) is 23.8 Å². The molecule has 1 amide bonds. The fourth-order valence-electron chi connectivity index (χ4n) is 3.30. The van der Waals surface area contributed by atoms with E-state index in [-0.39, 0.29) is 12.2 Å². The van der Waals surface area contributed by atoms with Gasteiger partial charge in [-0.05, 0) is 147 Å². The Bertz CT molecular complexity index is 1300. The summed E-state index contributed by atoms with van der Waals surface area (Å²) in [6, 6.07) is 14.0. The van der Waals surface area contributed by atoms with Gasteiger partial charge in [0.05, 0.1) is 10.7 Å². The predicted molar refractivity (Wildman–Crippen MR) is 175 cm³/mol. The summed E-state index contributed by atoms with van der Waals surface area (Å²) in [7, 11) is 0. The van der Waals surface area contributed by atoms with Crippen molar-refractivity contribution < 1.29 is 29.3 Å². The summed E-state index contributed by atoms with van der Waals surface area (Å²) in [4.78, 5) is 23.8. The van der Waals surface area contributed by atoms with E-state index < -0.39 is 23.7 Å². The molecule has 3 rings (SSSR count). The van der Waals surface area contributed by atoms with Crippen molar-refractivity contribution in [3.05, 3.63) is 68.4 Å². The van der Waals surface area contributed by atoms with E-state index >= 15 is 0 Å². The van der Waals surface area contributed by atoms with E-state index in [1.54, 1.807) is 32.9 Å². The first-order valence-electron chi connectivity index (χ1n) is 10.9. The highest BCUT2D eigenvalue weighted by molar-refractivity contribution is 14.1. The molecule has 196 valence electrons. The minimum atomic E-state index is -1.14. The zero-order chi connectivity index (χ0) is 27.5. The number of carbonyl (C=O) groups excluding carboxylic acids is 1. The Morgan fingerprint density at radius 1 is 0.946 bits per heavy atom. The molecule has 3 aromatic carbocycles. The van der Waals surface area contributed by atoms with E-state index in [9.17, 15) is 19.8 Å². The number of alkyl carbamates (subject to hydrolysis) is 1. The van der Waals surface area contributed by atoms with Gasteiger partial charge in [0.1, 0.15) is 28.9 Å². The average molecular weight is 953 g/mol. The molecular formula is C26H23I4NO6. The summed E-state index contributed by atoms with van der Waals surface area (Å²) in [5, 5.41) is 22.1. The molecule has 7 nitrogen and oxygen atoms in total. The van der Waals surface area contributed by atoms with Gasteiger partial charge < -0.3 is 25.0 Å². The largest absolute Gasteiger partial charge is 0.506 e. The summed E-state index contributed by atoms with van der Waals surface area (Å²) in [5.74, 6) is 0.376. The Balaban J connectivity index is 1.87. The number of phenolic OH excluding ortho intramolecular Hbond substituents is 1. The number of hydrogen-bond acceptors (Lipinski definition) is 5. The minimum Gasteiger partial charge on any atom is -0.506 e. The van der Waals surface area contributed by atoms with Gasteiger partial charge in [0.15, 0.2) is 0 Å². The fourth-order valence-corrected chi connectivity index (χ4v) is 6.97. The van der Waals surface area contributed by atoms with Crippen LogP contribution in [-0.2, 0) is 16.0 Å². The maximum absolute atomic E-state index is 12.1. The normalized spacial score (nSPS) is 12.1. The van der Waals surface area contributed by atoms with Crippen molar-refractivity contribution >= 4 is 102 Å². The first-order valence-corrected chi connectivity index (χ1v) is 15.2. The first-order chi connectivity index (χ1) is 17.2. The molecule has 0 saturated carbocycles. The van der Waals surface area contributed by atoms with Gasteiger partial charge in [-0.1, -0.05) is 24.3 Å². The number of phenols is 1. The van der Waals surface area contributed by atoms with Crippen LogP contribution in [0.4, 0.5) is 4.79 Å². The van der Waals surface area contributed by atoms with Crippen LogP contribution < -0.4 is 10.1 Å². The number of amides is 1.